The van der Waals surface area contributed by atoms with E-state index in [0.717, 1.165) is 5.56 Å². The van der Waals surface area contributed by atoms with Gasteiger partial charge in [-0.05, 0) is 25.5 Å². The van der Waals surface area contributed by atoms with Crippen LogP contribution in [0.4, 0.5) is 0 Å². The van der Waals surface area contributed by atoms with Crippen LogP contribution < -0.4 is 10.5 Å². The lowest BCUT2D eigenvalue weighted by molar-refractivity contribution is -0.125. The maximum absolute atomic E-state index is 11.9. The van der Waals surface area contributed by atoms with Crippen LogP contribution in [-0.4, -0.2) is 32.1 Å². The molecule has 100 valence electrons. The Kier molecular flexibility index (Phi) is 4.44. The Morgan fingerprint density at radius 3 is 2.56 bits per heavy atom. The smallest absolute Gasteiger partial charge is 0.247 e. The minimum atomic E-state index is -3.75. The predicted molar refractivity (Wildman–Crippen MR) is 66.3 cm³/mol. The van der Waals surface area contributed by atoms with Gasteiger partial charge in [0, 0.05) is 6.54 Å². The third-order valence-electron chi connectivity index (χ3n) is 2.42. The van der Waals surface area contributed by atoms with E-state index in [-0.39, 0.29) is 4.90 Å². The van der Waals surface area contributed by atoms with Gasteiger partial charge in [-0.3, -0.25) is 4.79 Å². The molecule has 0 radical (unpaired) electrons. The first-order chi connectivity index (χ1) is 8.24. The number of nitrogens with one attached hydrogen (secondary N) is 1. The number of primary amides is 1. The van der Waals surface area contributed by atoms with Gasteiger partial charge < -0.3 is 10.8 Å². The van der Waals surface area contributed by atoms with Crippen molar-refractivity contribution in [3.8, 4) is 0 Å². The van der Waals surface area contributed by atoms with Crippen molar-refractivity contribution in [1.82, 2.24) is 4.72 Å². The topological polar surface area (TPSA) is 109 Å². The minimum absolute atomic E-state index is 0.116. The number of sulfonamides is 1. The lowest BCUT2D eigenvalue weighted by atomic mass is 10.2. The van der Waals surface area contributed by atoms with Gasteiger partial charge in [-0.25, -0.2) is 13.1 Å². The zero-order chi connectivity index (χ0) is 13.9. The number of benzene rings is 1. The van der Waals surface area contributed by atoms with E-state index >= 15 is 0 Å². The van der Waals surface area contributed by atoms with Crippen molar-refractivity contribution in [3.63, 3.8) is 0 Å². The highest BCUT2D eigenvalue weighted by atomic mass is 32.2. The molecule has 0 heterocycles. The highest BCUT2D eigenvalue weighted by Gasteiger charge is 2.19. The lowest BCUT2D eigenvalue weighted by Gasteiger charge is -2.11. The molecule has 18 heavy (non-hydrogen) atoms. The average Bonchev–Trinajstić information content (AvgIpc) is 2.25. The molecule has 0 saturated heterocycles. The Morgan fingerprint density at radius 2 is 2.06 bits per heavy atom. The Labute approximate surface area is 106 Å². The zero-order valence-electron chi connectivity index (χ0n) is 10.2. The molecule has 4 N–H and O–H groups in total. The van der Waals surface area contributed by atoms with Crippen LogP contribution in [0.1, 0.15) is 11.1 Å². The van der Waals surface area contributed by atoms with E-state index in [1.54, 1.807) is 19.1 Å². The number of hydrogen-bond acceptors (Lipinski definition) is 4. The molecule has 0 saturated carbocycles. The molecule has 0 aliphatic rings. The average molecular weight is 272 g/mol. The zero-order valence-corrected chi connectivity index (χ0v) is 11.0. The standard InChI is InChI=1S/C11H16N2O4S/c1-7-3-4-10(8(2)5-7)18(16,17)13-6-9(14)11(12)15/h3-5,9,13-14H,6H2,1-2H3,(H2,12,15). The van der Waals surface area contributed by atoms with Crippen LogP contribution in [0.2, 0.25) is 0 Å². The Bertz CT molecular complexity index is 554. The number of amides is 1. The molecule has 1 atom stereocenters. The SMILES string of the molecule is Cc1ccc(S(=O)(=O)NCC(O)C(N)=O)c(C)c1. The summed E-state index contributed by atoms with van der Waals surface area (Å²) in [5, 5.41) is 9.15. The Balaban J connectivity index is 2.90. The molecule has 1 rings (SSSR count). The molecular weight excluding hydrogens is 256 g/mol. The number of carbonyl (C=O) groups is 1. The van der Waals surface area contributed by atoms with Gasteiger partial charge in [0.2, 0.25) is 15.9 Å². The van der Waals surface area contributed by atoms with Gasteiger partial charge in [0.15, 0.2) is 0 Å². The van der Waals surface area contributed by atoms with Gasteiger partial charge in [0.25, 0.3) is 0 Å². The molecular formula is C11H16N2O4S. The predicted octanol–water partition coefficient (Wildman–Crippen LogP) is -0.572. The summed E-state index contributed by atoms with van der Waals surface area (Å²) in [5.41, 5.74) is 6.37. The third-order valence-corrected chi connectivity index (χ3v) is 4.00. The fourth-order valence-electron chi connectivity index (χ4n) is 1.47. The van der Waals surface area contributed by atoms with E-state index in [2.05, 4.69) is 4.72 Å². The van der Waals surface area contributed by atoms with E-state index in [1.807, 2.05) is 6.92 Å². The van der Waals surface area contributed by atoms with Crippen molar-refractivity contribution < 1.29 is 18.3 Å². The molecule has 0 aliphatic carbocycles. The number of aliphatic hydroxyl groups excluding tert-OH is 1. The van der Waals surface area contributed by atoms with Crippen LogP contribution in [0.5, 0.6) is 0 Å². The minimum Gasteiger partial charge on any atom is -0.382 e. The first-order valence-electron chi connectivity index (χ1n) is 5.28. The summed E-state index contributed by atoms with van der Waals surface area (Å²) in [5.74, 6) is -0.974. The molecule has 0 fully saturated rings. The molecule has 0 aliphatic heterocycles. The second kappa shape index (κ2) is 5.47. The van der Waals surface area contributed by atoms with E-state index in [9.17, 15) is 13.2 Å². The number of aryl methyl sites for hydroxylation is 2. The van der Waals surface area contributed by atoms with Gasteiger partial charge in [-0.2, -0.15) is 0 Å². The molecule has 1 aromatic carbocycles. The quantitative estimate of drug-likeness (QED) is 0.666. The molecule has 1 unspecified atom stereocenters. The van der Waals surface area contributed by atoms with Gasteiger partial charge >= 0.3 is 0 Å². The Morgan fingerprint density at radius 1 is 1.44 bits per heavy atom. The van der Waals surface area contributed by atoms with Gasteiger partial charge in [-0.15, -0.1) is 0 Å². The van der Waals surface area contributed by atoms with Crippen molar-refractivity contribution in [3.05, 3.63) is 29.3 Å². The maximum atomic E-state index is 11.9. The van der Waals surface area contributed by atoms with E-state index in [4.69, 9.17) is 10.8 Å². The van der Waals surface area contributed by atoms with Crippen molar-refractivity contribution in [2.45, 2.75) is 24.8 Å². The monoisotopic (exact) mass is 272 g/mol. The lowest BCUT2D eigenvalue weighted by Crippen LogP contribution is -2.40. The van der Waals surface area contributed by atoms with Crippen molar-refractivity contribution >= 4 is 15.9 Å². The first kappa shape index (κ1) is 14.6. The fraction of sp³-hybridized carbons (Fsp3) is 0.364. The second-order valence-electron chi connectivity index (χ2n) is 4.04. The first-order valence-corrected chi connectivity index (χ1v) is 6.76. The van der Waals surface area contributed by atoms with E-state index in [0.29, 0.717) is 5.56 Å². The summed E-state index contributed by atoms with van der Waals surface area (Å²) in [7, 11) is -3.75. The summed E-state index contributed by atoms with van der Waals surface area (Å²) in [6, 6.07) is 4.88. The summed E-state index contributed by atoms with van der Waals surface area (Å²) in [6.45, 7) is 3.09. The summed E-state index contributed by atoms with van der Waals surface area (Å²) in [4.78, 5) is 10.7. The van der Waals surface area contributed by atoms with Crippen LogP contribution in [0.15, 0.2) is 23.1 Å². The van der Waals surface area contributed by atoms with Gasteiger partial charge in [0.05, 0.1) is 4.90 Å². The molecule has 6 nitrogen and oxygen atoms in total. The summed E-state index contributed by atoms with van der Waals surface area (Å²) < 4.78 is 26.0. The number of rotatable bonds is 5. The third kappa shape index (κ3) is 3.52. The Hall–Kier alpha value is -1.44. The van der Waals surface area contributed by atoms with E-state index in [1.165, 1.54) is 6.07 Å². The van der Waals surface area contributed by atoms with Crippen molar-refractivity contribution in [2.75, 3.05) is 6.54 Å². The normalized spacial score (nSPS) is 13.3. The number of carbonyl (C=O) groups excluding carboxylic acids is 1. The highest BCUT2D eigenvalue weighted by molar-refractivity contribution is 7.89. The van der Waals surface area contributed by atoms with Gasteiger partial charge in [0.1, 0.15) is 6.10 Å². The molecule has 7 heteroatoms. The number of hydrogen-bond donors (Lipinski definition) is 3. The van der Waals surface area contributed by atoms with Crippen LogP contribution in [-0.2, 0) is 14.8 Å². The van der Waals surface area contributed by atoms with Gasteiger partial charge in [-0.1, -0.05) is 17.7 Å². The summed E-state index contributed by atoms with van der Waals surface area (Å²) >= 11 is 0. The highest BCUT2D eigenvalue weighted by Crippen LogP contribution is 2.15. The van der Waals surface area contributed by atoms with Crippen LogP contribution in [0.25, 0.3) is 0 Å². The second-order valence-corrected chi connectivity index (χ2v) is 5.77. The van der Waals surface area contributed by atoms with Crippen molar-refractivity contribution in [2.24, 2.45) is 5.73 Å². The maximum Gasteiger partial charge on any atom is 0.247 e. The van der Waals surface area contributed by atoms with Crippen LogP contribution in [0.3, 0.4) is 0 Å². The molecule has 1 aromatic rings. The molecule has 1 amide bonds. The van der Waals surface area contributed by atoms with Crippen molar-refractivity contribution in [1.29, 1.82) is 0 Å². The largest absolute Gasteiger partial charge is 0.382 e. The summed E-state index contributed by atoms with van der Waals surface area (Å²) in [6.07, 6.45) is -1.54. The fourth-order valence-corrected chi connectivity index (χ4v) is 2.73. The number of aliphatic hydroxyl groups is 1. The van der Waals surface area contributed by atoms with Crippen LogP contribution >= 0.6 is 0 Å². The number of nitrogens with two attached hydrogens (primary N) is 1. The molecule has 0 spiro atoms. The molecule has 0 bridgehead atoms. The van der Waals surface area contributed by atoms with E-state index < -0.39 is 28.6 Å². The van der Waals surface area contributed by atoms with Crippen LogP contribution in [0, 0.1) is 13.8 Å². The molecule has 0 aromatic heterocycles.